The fraction of sp³-hybridized carbons (Fsp3) is 0.409. The van der Waals surface area contributed by atoms with Gasteiger partial charge in [-0.3, -0.25) is 4.79 Å². The number of carbonyl (C=O) groups excluding carboxylic acids is 1. The second-order valence-corrected chi connectivity index (χ2v) is 9.60. The van der Waals surface area contributed by atoms with Crippen LogP contribution in [-0.4, -0.2) is 41.2 Å². The highest BCUT2D eigenvalue weighted by Gasteiger charge is 2.24. The Labute approximate surface area is 184 Å². The van der Waals surface area contributed by atoms with Crippen LogP contribution in [0, 0.1) is 0 Å². The first-order valence-electron chi connectivity index (χ1n) is 9.68. The molecule has 9 heteroatoms. The Kier molecular flexibility index (Phi) is 7.91. The van der Waals surface area contributed by atoms with Gasteiger partial charge in [0.2, 0.25) is 21.7 Å². The molecule has 0 spiro atoms. The Hall–Kier alpha value is -2.78. The summed E-state index contributed by atoms with van der Waals surface area (Å²) in [5, 5.41) is 2.78. The number of hydrogen-bond donors (Lipinski definition) is 2. The Balaban J connectivity index is 2.16. The molecule has 2 rings (SSSR count). The molecule has 0 atom stereocenters. The van der Waals surface area contributed by atoms with Crippen LogP contribution in [0.1, 0.15) is 31.9 Å². The number of ether oxygens (including phenoxy) is 3. The molecule has 170 valence electrons. The van der Waals surface area contributed by atoms with Gasteiger partial charge in [-0.05, 0) is 50.1 Å². The van der Waals surface area contributed by atoms with Gasteiger partial charge in [0.25, 0.3) is 0 Å². The van der Waals surface area contributed by atoms with Crippen molar-refractivity contribution in [2.45, 2.75) is 44.2 Å². The van der Waals surface area contributed by atoms with E-state index in [0.717, 1.165) is 0 Å². The zero-order chi connectivity index (χ0) is 23.2. The SMILES string of the molecule is COc1cc(CC(=O)NCc2ccccc2S(=O)(=O)NC(C)(C)C)cc(OC)c1OC. The summed E-state index contributed by atoms with van der Waals surface area (Å²) in [6.45, 7) is 5.38. The summed E-state index contributed by atoms with van der Waals surface area (Å²) in [5.41, 5.74) is 0.543. The predicted octanol–water partition coefficient (Wildman–Crippen LogP) is 2.65. The molecule has 0 aliphatic heterocycles. The minimum atomic E-state index is -3.73. The highest BCUT2D eigenvalue weighted by Crippen LogP contribution is 2.38. The smallest absolute Gasteiger partial charge is 0.241 e. The maximum atomic E-state index is 12.7. The number of benzene rings is 2. The number of methoxy groups -OCH3 is 3. The third kappa shape index (κ3) is 6.60. The standard InChI is InChI=1S/C22H30N2O6S/c1-22(2,3)24-31(26,27)19-10-8-7-9-16(19)14-23-20(25)13-15-11-17(28-4)21(30-6)18(12-15)29-5/h7-12,24H,13-14H2,1-6H3,(H,23,25). The molecule has 0 heterocycles. The molecular formula is C22H30N2O6S. The molecule has 2 N–H and O–H groups in total. The van der Waals surface area contributed by atoms with E-state index in [1.807, 2.05) is 0 Å². The van der Waals surface area contributed by atoms with Crippen molar-refractivity contribution in [2.24, 2.45) is 0 Å². The van der Waals surface area contributed by atoms with Crippen LogP contribution in [0.15, 0.2) is 41.3 Å². The monoisotopic (exact) mass is 450 g/mol. The van der Waals surface area contributed by atoms with E-state index in [1.165, 1.54) is 27.4 Å². The lowest BCUT2D eigenvalue weighted by molar-refractivity contribution is -0.120. The zero-order valence-corrected chi connectivity index (χ0v) is 19.6. The molecule has 0 saturated carbocycles. The van der Waals surface area contributed by atoms with Crippen molar-refractivity contribution in [2.75, 3.05) is 21.3 Å². The van der Waals surface area contributed by atoms with E-state index in [-0.39, 0.29) is 23.8 Å². The predicted molar refractivity (Wildman–Crippen MR) is 118 cm³/mol. The number of rotatable bonds is 9. The lowest BCUT2D eigenvalue weighted by atomic mass is 10.1. The van der Waals surface area contributed by atoms with Gasteiger partial charge < -0.3 is 19.5 Å². The van der Waals surface area contributed by atoms with E-state index in [1.54, 1.807) is 51.1 Å². The summed E-state index contributed by atoms with van der Waals surface area (Å²) in [6.07, 6.45) is 0.0614. The van der Waals surface area contributed by atoms with Crippen LogP contribution >= 0.6 is 0 Å². The Morgan fingerprint density at radius 3 is 2.06 bits per heavy atom. The zero-order valence-electron chi connectivity index (χ0n) is 18.7. The van der Waals surface area contributed by atoms with Gasteiger partial charge in [-0.15, -0.1) is 0 Å². The number of hydrogen-bond acceptors (Lipinski definition) is 6. The number of nitrogens with one attached hydrogen (secondary N) is 2. The van der Waals surface area contributed by atoms with E-state index >= 15 is 0 Å². The second kappa shape index (κ2) is 10.0. The van der Waals surface area contributed by atoms with Gasteiger partial charge >= 0.3 is 0 Å². The lowest BCUT2D eigenvalue weighted by Crippen LogP contribution is -2.41. The maximum Gasteiger partial charge on any atom is 0.241 e. The Bertz CT molecular complexity index is 1000. The van der Waals surface area contributed by atoms with Crippen LogP contribution in [0.4, 0.5) is 0 Å². The summed E-state index contributed by atoms with van der Waals surface area (Å²) in [7, 11) is 0.786. The van der Waals surface area contributed by atoms with Gasteiger partial charge in [0.15, 0.2) is 11.5 Å². The van der Waals surface area contributed by atoms with Crippen molar-refractivity contribution in [3.63, 3.8) is 0 Å². The normalized spacial score (nSPS) is 11.7. The van der Waals surface area contributed by atoms with Crippen LogP contribution < -0.4 is 24.2 Å². The van der Waals surface area contributed by atoms with Crippen molar-refractivity contribution in [1.29, 1.82) is 0 Å². The third-order valence-electron chi connectivity index (χ3n) is 4.27. The molecule has 0 unspecified atom stereocenters. The molecule has 2 aromatic carbocycles. The van der Waals surface area contributed by atoms with Crippen LogP contribution in [0.3, 0.4) is 0 Å². The van der Waals surface area contributed by atoms with Crippen molar-refractivity contribution >= 4 is 15.9 Å². The number of sulfonamides is 1. The van der Waals surface area contributed by atoms with Crippen LogP contribution in [-0.2, 0) is 27.8 Å². The van der Waals surface area contributed by atoms with E-state index in [9.17, 15) is 13.2 Å². The largest absolute Gasteiger partial charge is 0.493 e. The van der Waals surface area contributed by atoms with Gasteiger partial charge in [-0.1, -0.05) is 18.2 Å². The van der Waals surface area contributed by atoms with Gasteiger partial charge in [-0.25, -0.2) is 13.1 Å². The van der Waals surface area contributed by atoms with E-state index in [0.29, 0.717) is 28.4 Å². The molecule has 1 amide bonds. The number of amides is 1. The summed E-state index contributed by atoms with van der Waals surface area (Å²) in [5.74, 6) is 1.08. The van der Waals surface area contributed by atoms with Crippen LogP contribution in [0.2, 0.25) is 0 Å². The average molecular weight is 451 g/mol. The molecule has 0 aliphatic carbocycles. The van der Waals surface area contributed by atoms with Gasteiger partial charge in [-0.2, -0.15) is 0 Å². The average Bonchev–Trinajstić information content (AvgIpc) is 2.69. The minimum Gasteiger partial charge on any atom is -0.493 e. The Morgan fingerprint density at radius 1 is 0.968 bits per heavy atom. The Morgan fingerprint density at radius 2 is 1.55 bits per heavy atom. The molecule has 0 bridgehead atoms. The summed E-state index contributed by atoms with van der Waals surface area (Å²) in [4.78, 5) is 12.7. The van der Waals surface area contributed by atoms with Crippen LogP contribution in [0.5, 0.6) is 17.2 Å². The fourth-order valence-electron chi connectivity index (χ4n) is 3.05. The van der Waals surface area contributed by atoms with Crippen molar-refractivity contribution in [1.82, 2.24) is 10.0 Å². The molecule has 8 nitrogen and oxygen atoms in total. The van der Waals surface area contributed by atoms with Crippen LogP contribution in [0.25, 0.3) is 0 Å². The van der Waals surface area contributed by atoms with Gasteiger partial charge in [0.05, 0.1) is 32.6 Å². The van der Waals surface area contributed by atoms with E-state index in [2.05, 4.69) is 10.0 Å². The first-order chi connectivity index (χ1) is 14.5. The van der Waals surface area contributed by atoms with Crippen molar-refractivity contribution in [3.05, 3.63) is 47.5 Å². The third-order valence-corrected chi connectivity index (χ3v) is 6.13. The molecule has 0 fully saturated rings. The highest BCUT2D eigenvalue weighted by molar-refractivity contribution is 7.89. The second-order valence-electron chi connectivity index (χ2n) is 7.95. The first kappa shape index (κ1) is 24.5. The lowest BCUT2D eigenvalue weighted by Gasteiger charge is -2.21. The first-order valence-corrected chi connectivity index (χ1v) is 11.2. The van der Waals surface area contributed by atoms with E-state index in [4.69, 9.17) is 14.2 Å². The molecule has 31 heavy (non-hydrogen) atoms. The minimum absolute atomic E-state index is 0.0614. The molecule has 0 aromatic heterocycles. The molecule has 0 aliphatic rings. The molecule has 0 saturated heterocycles. The van der Waals surface area contributed by atoms with Crippen molar-refractivity contribution < 1.29 is 27.4 Å². The maximum absolute atomic E-state index is 12.7. The quantitative estimate of drug-likeness (QED) is 0.609. The summed E-state index contributed by atoms with van der Waals surface area (Å²) < 4.78 is 44.0. The summed E-state index contributed by atoms with van der Waals surface area (Å²) >= 11 is 0. The van der Waals surface area contributed by atoms with Gasteiger partial charge in [0, 0.05) is 12.1 Å². The van der Waals surface area contributed by atoms with Gasteiger partial charge in [0.1, 0.15) is 0 Å². The summed E-state index contributed by atoms with van der Waals surface area (Å²) in [6, 6.07) is 9.99. The molecule has 2 aromatic rings. The number of carbonyl (C=O) groups is 1. The topological polar surface area (TPSA) is 103 Å². The highest BCUT2D eigenvalue weighted by atomic mass is 32.2. The van der Waals surface area contributed by atoms with E-state index < -0.39 is 15.6 Å². The fourth-order valence-corrected chi connectivity index (χ4v) is 4.71. The molecule has 0 radical (unpaired) electrons. The molecular weight excluding hydrogens is 420 g/mol. The van der Waals surface area contributed by atoms with Crippen molar-refractivity contribution in [3.8, 4) is 17.2 Å².